The van der Waals surface area contributed by atoms with Crippen LogP contribution >= 0.6 is 0 Å². The molecule has 0 radical (unpaired) electrons. The van der Waals surface area contributed by atoms with Gasteiger partial charge in [-0.2, -0.15) is 0 Å². The SMILES string of the molecule is C=C=CC1OC(OC(C)=O)[C@@H](OC(C)=O)[C@H](OC(C)=O)[C@@H]1OC(C)=O. The van der Waals surface area contributed by atoms with Crippen LogP contribution in [-0.2, 0) is 42.9 Å². The molecule has 0 N–H and O–H groups in total. The van der Waals surface area contributed by atoms with Gasteiger partial charge in [-0.1, -0.05) is 6.58 Å². The summed E-state index contributed by atoms with van der Waals surface area (Å²) in [6, 6.07) is 0. The normalized spacial score (nSPS) is 28.1. The van der Waals surface area contributed by atoms with Crippen LogP contribution in [-0.4, -0.2) is 54.6 Å². The number of carbonyl (C=O) groups excluding carboxylic acids is 4. The minimum absolute atomic E-state index is 0.680. The maximum absolute atomic E-state index is 11.5. The van der Waals surface area contributed by atoms with E-state index < -0.39 is 54.6 Å². The molecule has 25 heavy (non-hydrogen) atoms. The maximum atomic E-state index is 11.5. The van der Waals surface area contributed by atoms with Gasteiger partial charge in [-0.15, -0.1) is 5.73 Å². The highest BCUT2D eigenvalue weighted by molar-refractivity contribution is 5.69. The molecule has 9 nitrogen and oxygen atoms in total. The second-order valence-corrected chi connectivity index (χ2v) is 5.17. The zero-order chi connectivity index (χ0) is 19.1. The van der Waals surface area contributed by atoms with Crippen LogP contribution in [0.1, 0.15) is 27.7 Å². The van der Waals surface area contributed by atoms with Gasteiger partial charge in [0, 0.05) is 27.7 Å². The van der Waals surface area contributed by atoms with E-state index in [1.165, 1.54) is 6.08 Å². The summed E-state index contributed by atoms with van der Waals surface area (Å²) in [4.78, 5) is 45.6. The fourth-order valence-electron chi connectivity index (χ4n) is 2.31. The molecule has 0 aliphatic carbocycles. The van der Waals surface area contributed by atoms with Crippen molar-refractivity contribution in [2.24, 2.45) is 0 Å². The molecular weight excluding hydrogens is 336 g/mol. The molecule has 1 rings (SSSR count). The summed E-state index contributed by atoms with van der Waals surface area (Å²) in [5.41, 5.74) is 2.46. The number of hydrogen-bond donors (Lipinski definition) is 0. The van der Waals surface area contributed by atoms with Crippen molar-refractivity contribution in [3.05, 3.63) is 18.4 Å². The molecule has 9 heteroatoms. The van der Waals surface area contributed by atoms with Gasteiger partial charge in [0.1, 0.15) is 6.10 Å². The molecule has 138 valence electrons. The van der Waals surface area contributed by atoms with Gasteiger partial charge >= 0.3 is 23.9 Å². The van der Waals surface area contributed by atoms with Crippen LogP contribution in [0.3, 0.4) is 0 Å². The smallest absolute Gasteiger partial charge is 0.305 e. The maximum Gasteiger partial charge on any atom is 0.305 e. The Balaban J connectivity index is 3.33. The van der Waals surface area contributed by atoms with Crippen molar-refractivity contribution in [2.45, 2.75) is 58.4 Å². The predicted octanol–water partition coefficient (Wildman–Crippen LogP) is 0.411. The van der Waals surface area contributed by atoms with Crippen molar-refractivity contribution < 1.29 is 42.9 Å². The van der Waals surface area contributed by atoms with Crippen molar-refractivity contribution in [1.82, 2.24) is 0 Å². The van der Waals surface area contributed by atoms with Crippen LogP contribution in [0, 0.1) is 0 Å². The van der Waals surface area contributed by atoms with Gasteiger partial charge in [-0.25, -0.2) is 0 Å². The average molecular weight is 356 g/mol. The predicted molar refractivity (Wildman–Crippen MR) is 80.8 cm³/mol. The second-order valence-electron chi connectivity index (χ2n) is 5.17. The van der Waals surface area contributed by atoms with E-state index in [1.54, 1.807) is 0 Å². The lowest BCUT2D eigenvalue weighted by Crippen LogP contribution is -2.61. The lowest BCUT2D eigenvalue weighted by Gasteiger charge is -2.42. The molecular formula is C16H20O9. The minimum atomic E-state index is -1.38. The van der Waals surface area contributed by atoms with Crippen molar-refractivity contribution in [3.63, 3.8) is 0 Å². The standard InChI is InChI=1S/C16H20O9/c1-6-7-12-13(21-8(2)17)14(22-9(3)18)15(23-10(4)19)16(25-12)24-11(5)20/h7,12-16H,1H2,2-5H3/t12?,13-,14-,15+,16?/m1/s1. The van der Waals surface area contributed by atoms with Crippen molar-refractivity contribution in [1.29, 1.82) is 0 Å². The van der Waals surface area contributed by atoms with E-state index in [0.29, 0.717) is 0 Å². The van der Waals surface area contributed by atoms with E-state index in [9.17, 15) is 19.2 Å². The number of esters is 4. The van der Waals surface area contributed by atoms with Crippen LogP contribution in [0.25, 0.3) is 0 Å². The highest BCUT2D eigenvalue weighted by Gasteiger charge is 2.52. The Morgan fingerprint density at radius 1 is 0.800 bits per heavy atom. The van der Waals surface area contributed by atoms with Crippen molar-refractivity contribution >= 4 is 23.9 Å². The number of ether oxygens (including phenoxy) is 5. The Hall–Kier alpha value is -2.64. The van der Waals surface area contributed by atoms with Crippen LogP contribution in [0.4, 0.5) is 0 Å². The van der Waals surface area contributed by atoms with Crippen LogP contribution in [0.2, 0.25) is 0 Å². The molecule has 5 atom stereocenters. The highest BCUT2D eigenvalue weighted by Crippen LogP contribution is 2.30. The van der Waals surface area contributed by atoms with Gasteiger partial charge in [0.2, 0.25) is 12.4 Å². The molecule has 0 spiro atoms. The summed E-state index contributed by atoms with van der Waals surface area (Å²) in [5.74, 6) is -2.84. The van der Waals surface area contributed by atoms with E-state index in [4.69, 9.17) is 23.7 Å². The summed E-state index contributed by atoms with van der Waals surface area (Å²) in [6.07, 6.45) is -4.83. The zero-order valence-corrected chi connectivity index (χ0v) is 14.3. The lowest BCUT2D eigenvalue weighted by molar-refractivity contribution is -0.287. The molecule has 0 aromatic carbocycles. The third-order valence-electron chi connectivity index (χ3n) is 3.00. The van der Waals surface area contributed by atoms with E-state index >= 15 is 0 Å². The molecule has 1 aliphatic rings. The Bertz CT molecular complexity index is 590. The molecule has 0 saturated carbocycles. The molecule has 0 amide bonds. The first-order valence-corrected chi connectivity index (χ1v) is 7.36. The minimum Gasteiger partial charge on any atom is -0.455 e. The van der Waals surface area contributed by atoms with Crippen LogP contribution in [0.5, 0.6) is 0 Å². The van der Waals surface area contributed by atoms with Crippen LogP contribution < -0.4 is 0 Å². The third kappa shape index (κ3) is 6.06. The lowest BCUT2D eigenvalue weighted by atomic mass is 9.97. The summed E-state index contributed by atoms with van der Waals surface area (Å²) in [6.45, 7) is 7.93. The highest BCUT2D eigenvalue weighted by atomic mass is 16.7. The van der Waals surface area contributed by atoms with Gasteiger partial charge in [0.15, 0.2) is 12.2 Å². The fourth-order valence-corrected chi connectivity index (χ4v) is 2.31. The van der Waals surface area contributed by atoms with Gasteiger partial charge in [-0.3, -0.25) is 19.2 Å². The molecule has 2 unspecified atom stereocenters. The summed E-state index contributed by atoms with van der Waals surface area (Å²) in [5, 5.41) is 0. The molecule has 0 aromatic rings. The number of carbonyl (C=O) groups is 4. The molecule has 1 saturated heterocycles. The molecule has 1 fully saturated rings. The monoisotopic (exact) mass is 356 g/mol. The van der Waals surface area contributed by atoms with Gasteiger partial charge in [0.25, 0.3) is 0 Å². The molecule has 0 aromatic heterocycles. The molecule has 1 heterocycles. The number of hydrogen-bond acceptors (Lipinski definition) is 9. The quantitative estimate of drug-likeness (QED) is 0.392. The first-order valence-electron chi connectivity index (χ1n) is 7.36. The van der Waals surface area contributed by atoms with E-state index in [2.05, 4.69) is 12.3 Å². The van der Waals surface area contributed by atoms with Crippen LogP contribution in [0.15, 0.2) is 18.4 Å². The summed E-state index contributed by atoms with van der Waals surface area (Å²) in [7, 11) is 0. The Morgan fingerprint density at radius 3 is 1.68 bits per heavy atom. The van der Waals surface area contributed by atoms with Gasteiger partial charge < -0.3 is 23.7 Å². The molecule has 0 bridgehead atoms. The van der Waals surface area contributed by atoms with E-state index in [1.807, 2.05) is 0 Å². The fraction of sp³-hybridized carbons (Fsp3) is 0.562. The average Bonchev–Trinajstić information content (AvgIpc) is 2.45. The zero-order valence-electron chi connectivity index (χ0n) is 14.3. The third-order valence-corrected chi connectivity index (χ3v) is 3.00. The van der Waals surface area contributed by atoms with Gasteiger partial charge in [0.05, 0.1) is 0 Å². The second kappa shape index (κ2) is 9.00. The van der Waals surface area contributed by atoms with Crippen molar-refractivity contribution in [2.75, 3.05) is 0 Å². The first-order chi connectivity index (χ1) is 11.6. The summed E-state index contributed by atoms with van der Waals surface area (Å²) < 4.78 is 26.0. The van der Waals surface area contributed by atoms with E-state index in [0.717, 1.165) is 27.7 Å². The summed E-state index contributed by atoms with van der Waals surface area (Å²) >= 11 is 0. The topological polar surface area (TPSA) is 114 Å². The van der Waals surface area contributed by atoms with Crippen molar-refractivity contribution in [3.8, 4) is 0 Å². The Morgan fingerprint density at radius 2 is 1.24 bits per heavy atom. The largest absolute Gasteiger partial charge is 0.455 e. The molecule has 1 aliphatic heterocycles. The van der Waals surface area contributed by atoms with Gasteiger partial charge in [-0.05, 0) is 6.08 Å². The number of rotatable bonds is 5. The first kappa shape index (κ1) is 20.4. The van der Waals surface area contributed by atoms with E-state index in [-0.39, 0.29) is 0 Å². The Labute approximate surface area is 144 Å². The Kier molecular flexibility index (Phi) is 7.35.